The summed E-state index contributed by atoms with van der Waals surface area (Å²) in [6, 6.07) is 28.2. The van der Waals surface area contributed by atoms with Crippen molar-refractivity contribution in [2.75, 3.05) is 6.61 Å². The van der Waals surface area contributed by atoms with Crippen LogP contribution in [0, 0.1) is 0 Å². The average Bonchev–Trinajstić information content (AvgIpc) is 2.98. The third kappa shape index (κ3) is 7.46. The van der Waals surface area contributed by atoms with E-state index in [1.165, 1.54) is 20.8 Å². The van der Waals surface area contributed by atoms with Crippen LogP contribution in [0.25, 0.3) is 0 Å². The molecule has 0 amide bonds. The molecule has 0 unspecified atom stereocenters. The van der Waals surface area contributed by atoms with Gasteiger partial charge in [0.05, 0.1) is 0 Å². The lowest BCUT2D eigenvalue weighted by Gasteiger charge is -2.48. The zero-order valence-electron chi connectivity index (χ0n) is 24.3. The van der Waals surface area contributed by atoms with Gasteiger partial charge in [-0.15, -0.1) is 0 Å². The maximum absolute atomic E-state index is 12.5. The lowest BCUT2D eigenvalue weighted by molar-refractivity contribution is -0.312. The highest BCUT2D eigenvalue weighted by Gasteiger charge is 2.55. The van der Waals surface area contributed by atoms with Crippen LogP contribution in [0.4, 0.5) is 0 Å². The van der Waals surface area contributed by atoms with Crippen molar-refractivity contribution in [2.24, 2.45) is 0 Å². The zero-order valence-corrected chi connectivity index (χ0v) is 24.3. The van der Waals surface area contributed by atoms with Crippen LogP contribution in [0.2, 0.25) is 0 Å². The predicted octanol–water partition coefficient (Wildman–Crippen LogP) is 4.08. The summed E-state index contributed by atoms with van der Waals surface area (Å²) >= 11 is 0. The number of carbonyl (C=O) groups is 4. The van der Waals surface area contributed by atoms with Gasteiger partial charge < -0.3 is 28.4 Å². The molecule has 1 aliphatic rings. The van der Waals surface area contributed by atoms with Crippen molar-refractivity contribution < 1.29 is 47.6 Å². The smallest absolute Gasteiger partial charge is 0.305 e. The third-order valence-corrected chi connectivity index (χ3v) is 6.78. The van der Waals surface area contributed by atoms with Crippen molar-refractivity contribution in [1.29, 1.82) is 0 Å². The van der Waals surface area contributed by atoms with Crippen LogP contribution in [0.15, 0.2) is 91.0 Å². The SMILES string of the molecule is CC(=O)OC[C@H]1O[C@@H](OC(C)=O)[C@H](OC(C)=O)[C@@H](OC(C)=O)[C@@H]1OC(c1ccccc1)(c1ccccc1)c1ccccc1. The third-order valence-electron chi connectivity index (χ3n) is 6.78. The van der Waals surface area contributed by atoms with Crippen molar-refractivity contribution in [1.82, 2.24) is 0 Å². The van der Waals surface area contributed by atoms with E-state index in [0.29, 0.717) is 0 Å². The Bertz CT molecular complexity index is 1300. The molecule has 0 bridgehead atoms. The fourth-order valence-corrected chi connectivity index (χ4v) is 5.18. The van der Waals surface area contributed by atoms with Crippen LogP contribution in [0.1, 0.15) is 44.4 Å². The Morgan fingerprint density at radius 3 is 1.40 bits per heavy atom. The van der Waals surface area contributed by atoms with Gasteiger partial charge in [0.25, 0.3) is 0 Å². The first-order chi connectivity index (χ1) is 20.6. The van der Waals surface area contributed by atoms with Crippen molar-refractivity contribution in [2.45, 2.75) is 64.0 Å². The van der Waals surface area contributed by atoms with Crippen LogP contribution < -0.4 is 0 Å². The Hall–Kier alpha value is -4.54. The largest absolute Gasteiger partial charge is 0.463 e. The Morgan fingerprint density at radius 2 is 1.00 bits per heavy atom. The van der Waals surface area contributed by atoms with Gasteiger partial charge in [-0.2, -0.15) is 0 Å². The number of ether oxygens (including phenoxy) is 6. The van der Waals surface area contributed by atoms with Gasteiger partial charge in [-0.05, 0) is 16.7 Å². The minimum absolute atomic E-state index is 0.350. The average molecular weight is 591 g/mol. The quantitative estimate of drug-likeness (QED) is 0.194. The molecule has 0 spiro atoms. The first kappa shape index (κ1) is 31.4. The minimum Gasteiger partial charge on any atom is -0.463 e. The van der Waals surface area contributed by atoms with Crippen molar-refractivity contribution in [3.05, 3.63) is 108 Å². The van der Waals surface area contributed by atoms with Crippen LogP contribution in [-0.4, -0.2) is 61.2 Å². The summed E-state index contributed by atoms with van der Waals surface area (Å²) in [5.74, 6) is -2.78. The van der Waals surface area contributed by atoms with E-state index in [9.17, 15) is 19.2 Å². The lowest BCUT2D eigenvalue weighted by atomic mass is 9.79. The minimum atomic E-state index is -1.49. The van der Waals surface area contributed by atoms with Gasteiger partial charge in [-0.25, -0.2) is 0 Å². The topological polar surface area (TPSA) is 124 Å². The van der Waals surface area contributed by atoms with Crippen molar-refractivity contribution in [3.8, 4) is 0 Å². The van der Waals surface area contributed by atoms with Crippen molar-refractivity contribution in [3.63, 3.8) is 0 Å². The first-order valence-corrected chi connectivity index (χ1v) is 13.8. The van der Waals surface area contributed by atoms with Gasteiger partial charge in [0, 0.05) is 27.7 Å². The van der Waals surface area contributed by atoms with Gasteiger partial charge in [0.15, 0.2) is 6.10 Å². The maximum Gasteiger partial charge on any atom is 0.305 e. The molecule has 1 saturated heterocycles. The Morgan fingerprint density at radius 1 is 0.581 bits per heavy atom. The fourth-order valence-electron chi connectivity index (χ4n) is 5.18. The van der Waals surface area contributed by atoms with Gasteiger partial charge >= 0.3 is 23.9 Å². The summed E-state index contributed by atoms with van der Waals surface area (Å²) in [5, 5.41) is 0. The summed E-state index contributed by atoms with van der Waals surface area (Å²) in [6.45, 7) is 4.40. The van der Waals surface area contributed by atoms with Crippen LogP contribution in [-0.2, 0) is 53.2 Å². The normalized spacial score (nSPS) is 21.7. The molecule has 10 heteroatoms. The van der Waals surface area contributed by atoms with Gasteiger partial charge in [-0.3, -0.25) is 19.2 Å². The molecule has 0 radical (unpaired) electrons. The summed E-state index contributed by atoms with van der Waals surface area (Å²) in [7, 11) is 0. The number of carbonyl (C=O) groups excluding carboxylic acids is 4. The Kier molecular flexibility index (Phi) is 10.3. The number of esters is 4. The van der Waals surface area contributed by atoms with E-state index in [1.54, 1.807) is 0 Å². The summed E-state index contributed by atoms with van der Waals surface area (Å²) in [6.07, 6.45) is -6.62. The zero-order chi connectivity index (χ0) is 31.0. The monoisotopic (exact) mass is 590 g/mol. The molecule has 1 fully saturated rings. The maximum atomic E-state index is 12.5. The molecule has 1 aliphatic heterocycles. The number of rotatable bonds is 10. The number of hydrogen-bond donors (Lipinski definition) is 0. The molecular weight excluding hydrogens is 556 g/mol. The first-order valence-electron chi connectivity index (χ1n) is 13.8. The van der Waals surface area contributed by atoms with Crippen LogP contribution in [0.5, 0.6) is 0 Å². The summed E-state index contributed by atoms with van der Waals surface area (Å²) in [5.41, 5.74) is 0.851. The molecule has 5 atom stereocenters. The Balaban J connectivity index is 1.97. The molecule has 226 valence electrons. The van der Waals surface area contributed by atoms with Crippen molar-refractivity contribution >= 4 is 23.9 Å². The number of benzene rings is 3. The van der Waals surface area contributed by atoms with E-state index in [4.69, 9.17) is 28.4 Å². The highest BCUT2D eigenvalue weighted by atomic mass is 16.7. The molecule has 10 nitrogen and oxygen atoms in total. The van der Waals surface area contributed by atoms with E-state index < -0.39 is 60.2 Å². The fraction of sp³-hybridized carbons (Fsp3) is 0.333. The Labute approximate surface area is 249 Å². The second kappa shape index (κ2) is 14.1. The second-order valence-corrected chi connectivity index (χ2v) is 9.96. The van der Waals surface area contributed by atoms with E-state index in [1.807, 2.05) is 91.0 Å². The van der Waals surface area contributed by atoms with E-state index >= 15 is 0 Å². The molecular formula is C33H34O10. The number of hydrogen-bond acceptors (Lipinski definition) is 10. The highest BCUT2D eigenvalue weighted by molar-refractivity contribution is 5.68. The molecule has 0 aromatic heterocycles. The molecule has 0 saturated carbocycles. The summed E-state index contributed by atoms with van der Waals surface area (Å²) < 4.78 is 35.3. The molecule has 3 aromatic carbocycles. The van der Waals surface area contributed by atoms with E-state index in [2.05, 4.69) is 0 Å². The second-order valence-electron chi connectivity index (χ2n) is 9.96. The van der Waals surface area contributed by atoms with Gasteiger partial charge in [-0.1, -0.05) is 91.0 Å². The lowest BCUT2D eigenvalue weighted by Crippen LogP contribution is -2.64. The molecule has 43 heavy (non-hydrogen) atoms. The highest BCUT2D eigenvalue weighted by Crippen LogP contribution is 2.44. The standard InChI is InChI=1S/C33H34O10/c1-21(34)38-20-28-29(30(39-22(2)35)31(40-23(3)36)32(42-28)41-24(4)37)43-33(25-14-8-5-9-15-25,26-16-10-6-11-17-26)27-18-12-7-13-19-27/h5-19,28-32H,20H2,1-4H3/t28-,29-,30+,31-,32-/m1/s1. The predicted molar refractivity (Wildman–Crippen MR) is 152 cm³/mol. The molecule has 0 aliphatic carbocycles. The van der Waals surface area contributed by atoms with E-state index in [0.717, 1.165) is 23.6 Å². The van der Waals surface area contributed by atoms with Gasteiger partial charge in [0.1, 0.15) is 24.4 Å². The molecule has 4 rings (SSSR count). The van der Waals surface area contributed by atoms with Gasteiger partial charge in [0.2, 0.25) is 12.4 Å². The summed E-state index contributed by atoms with van der Waals surface area (Å²) in [4.78, 5) is 48.7. The molecule has 3 aromatic rings. The molecule has 1 heterocycles. The van der Waals surface area contributed by atoms with Crippen LogP contribution >= 0.6 is 0 Å². The molecule has 0 N–H and O–H groups in total. The van der Waals surface area contributed by atoms with E-state index in [-0.39, 0.29) is 6.61 Å². The van der Waals surface area contributed by atoms with Crippen LogP contribution in [0.3, 0.4) is 0 Å².